The standard InChI is InChI=1S/C18H34N2O3/c1-17(2,3)23-16(21)20-8-7-18(4,5)15(12-20)11-19-10-14-6-9-22-13-14/h14-15,19H,6-13H2,1-5H3. The second-order valence-electron chi connectivity index (χ2n) is 8.75. The Morgan fingerprint density at radius 2 is 2.09 bits per heavy atom. The number of hydrogen-bond acceptors (Lipinski definition) is 4. The molecule has 0 aromatic carbocycles. The third-order valence-electron chi connectivity index (χ3n) is 5.07. The smallest absolute Gasteiger partial charge is 0.410 e. The fraction of sp³-hybridized carbons (Fsp3) is 0.944. The monoisotopic (exact) mass is 326 g/mol. The summed E-state index contributed by atoms with van der Waals surface area (Å²) < 4.78 is 11.0. The maximum Gasteiger partial charge on any atom is 0.410 e. The Hall–Kier alpha value is -0.810. The Kier molecular flexibility index (Phi) is 5.95. The zero-order valence-corrected chi connectivity index (χ0v) is 15.5. The van der Waals surface area contributed by atoms with Gasteiger partial charge in [0.15, 0.2) is 0 Å². The maximum atomic E-state index is 12.3. The van der Waals surface area contributed by atoms with E-state index in [1.165, 1.54) is 0 Å². The van der Waals surface area contributed by atoms with E-state index in [-0.39, 0.29) is 11.5 Å². The molecule has 0 saturated carbocycles. The number of ether oxygens (including phenoxy) is 2. The Morgan fingerprint density at radius 1 is 1.35 bits per heavy atom. The summed E-state index contributed by atoms with van der Waals surface area (Å²) in [5, 5.41) is 3.60. The molecule has 0 radical (unpaired) electrons. The van der Waals surface area contributed by atoms with Crippen LogP contribution in [0.15, 0.2) is 0 Å². The summed E-state index contributed by atoms with van der Waals surface area (Å²) >= 11 is 0. The van der Waals surface area contributed by atoms with Gasteiger partial charge in [-0.15, -0.1) is 0 Å². The molecule has 1 amide bonds. The van der Waals surface area contributed by atoms with Gasteiger partial charge in [0, 0.05) is 32.8 Å². The van der Waals surface area contributed by atoms with Gasteiger partial charge in [0.05, 0.1) is 6.61 Å². The molecule has 0 spiro atoms. The van der Waals surface area contributed by atoms with Crippen LogP contribution < -0.4 is 5.32 Å². The molecule has 2 rings (SSSR count). The molecule has 1 N–H and O–H groups in total. The van der Waals surface area contributed by atoms with Crippen LogP contribution in [0.3, 0.4) is 0 Å². The molecule has 5 nitrogen and oxygen atoms in total. The topological polar surface area (TPSA) is 50.8 Å². The molecule has 0 aliphatic carbocycles. The first-order valence-electron chi connectivity index (χ1n) is 8.94. The highest BCUT2D eigenvalue weighted by atomic mass is 16.6. The van der Waals surface area contributed by atoms with Crippen LogP contribution in [0.5, 0.6) is 0 Å². The molecule has 2 aliphatic rings. The van der Waals surface area contributed by atoms with Crippen molar-refractivity contribution in [3.05, 3.63) is 0 Å². The van der Waals surface area contributed by atoms with Crippen molar-refractivity contribution < 1.29 is 14.3 Å². The number of nitrogens with one attached hydrogen (secondary N) is 1. The van der Waals surface area contributed by atoms with Gasteiger partial charge in [-0.2, -0.15) is 0 Å². The van der Waals surface area contributed by atoms with E-state index in [2.05, 4.69) is 19.2 Å². The molecule has 0 aromatic rings. The SMILES string of the molecule is CC(C)(C)OC(=O)N1CCC(C)(C)C(CNCC2CCOC2)C1. The van der Waals surface area contributed by atoms with E-state index in [4.69, 9.17) is 9.47 Å². The lowest BCUT2D eigenvalue weighted by atomic mass is 9.73. The van der Waals surface area contributed by atoms with Gasteiger partial charge in [0.1, 0.15) is 5.60 Å². The van der Waals surface area contributed by atoms with Crippen molar-refractivity contribution in [2.75, 3.05) is 39.4 Å². The largest absolute Gasteiger partial charge is 0.444 e. The van der Waals surface area contributed by atoms with Crippen molar-refractivity contribution in [1.82, 2.24) is 10.2 Å². The third kappa shape index (κ3) is 5.64. The zero-order chi connectivity index (χ0) is 17.1. The first kappa shape index (κ1) is 18.5. The predicted octanol–water partition coefficient (Wildman–Crippen LogP) is 2.90. The van der Waals surface area contributed by atoms with Gasteiger partial charge < -0.3 is 19.7 Å². The molecule has 23 heavy (non-hydrogen) atoms. The average molecular weight is 326 g/mol. The second-order valence-corrected chi connectivity index (χ2v) is 8.75. The summed E-state index contributed by atoms with van der Waals surface area (Å²) in [6, 6.07) is 0. The lowest BCUT2D eigenvalue weighted by Gasteiger charge is -2.44. The van der Waals surface area contributed by atoms with Gasteiger partial charge in [-0.25, -0.2) is 4.79 Å². The fourth-order valence-corrected chi connectivity index (χ4v) is 3.27. The molecule has 2 aliphatic heterocycles. The van der Waals surface area contributed by atoms with E-state index in [0.29, 0.717) is 11.8 Å². The van der Waals surface area contributed by atoms with Gasteiger partial charge in [-0.1, -0.05) is 13.8 Å². The predicted molar refractivity (Wildman–Crippen MR) is 91.5 cm³/mol. The lowest BCUT2D eigenvalue weighted by molar-refractivity contribution is -0.00109. The summed E-state index contributed by atoms with van der Waals surface area (Å²) in [4.78, 5) is 14.2. The van der Waals surface area contributed by atoms with Crippen molar-refractivity contribution in [1.29, 1.82) is 0 Å². The minimum atomic E-state index is -0.430. The zero-order valence-electron chi connectivity index (χ0n) is 15.5. The van der Waals surface area contributed by atoms with E-state index in [9.17, 15) is 4.79 Å². The van der Waals surface area contributed by atoms with Crippen LogP contribution in [0, 0.1) is 17.3 Å². The van der Waals surface area contributed by atoms with Gasteiger partial charge in [0.2, 0.25) is 0 Å². The van der Waals surface area contributed by atoms with Gasteiger partial charge in [-0.3, -0.25) is 0 Å². The molecule has 5 heteroatoms. The number of carbonyl (C=O) groups excluding carboxylic acids is 1. The summed E-state index contributed by atoms with van der Waals surface area (Å²) in [6.07, 6.45) is 2.00. The van der Waals surface area contributed by atoms with Crippen molar-refractivity contribution in [2.45, 2.75) is 53.1 Å². The Labute approximate surface area is 141 Å². The van der Waals surface area contributed by atoms with Gasteiger partial charge in [-0.05, 0) is 50.9 Å². The number of nitrogens with zero attached hydrogens (tertiary/aromatic N) is 1. The highest BCUT2D eigenvalue weighted by molar-refractivity contribution is 5.68. The molecule has 2 saturated heterocycles. The van der Waals surface area contributed by atoms with Crippen molar-refractivity contribution in [2.24, 2.45) is 17.3 Å². The summed E-state index contributed by atoms with van der Waals surface area (Å²) in [7, 11) is 0. The summed E-state index contributed by atoms with van der Waals surface area (Å²) in [5.74, 6) is 1.09. The van der Waals surface area contributed by atoms with Crippen LogP contribution in [0.1, 0.15) is 47.5 Å². The summed E-state index contributed by atoms with van der Waals surface area (Å²) in [6.45, 7) is 15.7. The molecule has 0 bridgehead atoms. The molecular formula is C18H34N2O3. The first-order chi connectivity index (χ1) is 10.7. The molecule has 0 aromatic heterocycles. The molecule has 2 unspecified atom stereocenters. The van der Waals surface area contributed by atoms with Crippen LogP contribution in [0.4, 0.5) is 4.79 Å². The van der Waals surface area contributed by atoms with Crippen LogP contribution in [0.2, 0.25) is 0 Å². The van der Waals surface area contributed by atoms with E-state index in [1.807, 2.05) is 25.7 Å². The van der Waals surface area contributed by atoms with Crippen LogP contribution in [0.25, 0.3) is 0 Å². The molecule has 2 fully saturated rings. The van der Waals surface area contributed by atoms with Gasteiger partial charge >= 0.3 is 6.09 Å². The quantitative estimate of drug-likeness (QED) is 0.863. The van der Waals surface area contributed by atoms with Crippen LogP contribution >= 0.6 is 0 Å². The van der Waals surface area contributed by atoms with E-state index in [0.717, 1.165) is 52.2 Å². The number of piperidine rings is 1. The van der Waals surface area contributed by atoms with Gasteiger partial charge in [0.25, 0.3) is 0 Å². The van der Waals surface area contributed by atoms with Crippen molar-refractivity contribution in [3.8, 4) is 0 Å². The average Bonchev–Trinajstić information content (AvgIpc) is 2.91. The second kappa shape index (κ2) is 7.39. The van der Waals surface area contributed by atoms with E-state index < -0.39 is 5.60 Å². The highest BCUT2D eigenvalue weighted by Gasteiger charge is 2.38. The number of likely N-dealkylation sites (tertiary alicyclic amines) is 1. The Balaban J connectivity index is 1.84. The molecule has 2 heterocycles. The third-order valence-corrected chi connectivity index (χ3v) is 5.07. The molecule has 2 atom stereocenters. The Bertz CT molecular complexity index is 398. The fourth-order valence-electron chi connectivity index (χ4n) is 3.27. The number of hydrogen-bond donors (Lipinski definition) is 1. The minimum absolute atomic E-state index is 0.179. The Morgan fingerprint density at radius 3 is 2.70 bits per heavy atom. The summed E-state index contributed by atoms with van der Waals surface area (Å²) in [5.41, 5.74) is -0.183. The molecule has 134 valence electrons. The molecular weight excluding hydrogens is 292 g/mol. The van der Waals surface area contributed by atoms with E-state index >= 15 is 0 Å². The van der Waals surface area contributed by atoms with E-state index in [1.54, 1.807) is 0 Å². The highest BCUT2D eigenvalue weighted by Crippen LogP contribution is 2.35. The first-order valence-corrected chi connectivity index (χ1v) is 8.94. The van der Waals surface area contributed by atoms with Crippen LogP contribution in [-0.2, 0) is 9.47 Å². The number of carbonyl (C=O) groups is 1. The van der Waals surface area contributed by atoms with Crippen molar-refractivity contribution >= 4 is 6.09 Å². The normalized spacial score (nSPS) is 28.0. The minimum Gasteiger partial charge on any atom is -0.444 e. The van der Waals surface area contributed by atoms with Crippen molar-refractivity contribution in [3.63, 3.8) is 0 Å². The maximum absolute atomic E-state index is 12.3. The number of rotatable bonds is 4. The number of amides is 1. The van der Waals surface area contributed by atoms with Crippen LogP contribution in [-0.4, -0.2) is 56.0 Å². The lowest BCUT2D eigenvalue weighted by Crippen LogP contribution is -2.51.